The standard InChI is InChI=1S/C9H19NO2/c1-3-4-5-8(2)10-9(6-11)7-12/h3,8-12H,1,4-7H2,2H3/t8-/m0/s1. The molecule has 3 N–H and O–H groups in total. The molecule has 0 aliphatic heterocycles. The van der Waals surface area contributed by atoms with Gasteiger partial charge in [-0.2, -0.15) is 0 Å². The maximum absolute atomic E-state index is 8.76. The highest BCUT2D eigenvalue weighted by Gasteiger charge is 2.08. The van der Waals surface area contributed by atoms with E-state index in [2.05, 4.69) is 11.9 Å². The van der Waals surface area contributed by atoms with E-state index < -0.39 is 0 Å². The predicted molar refractivity (Wildman–Crippen MR) is 50.0 cm³/mol. The minimum absolute atomic E-state index is 0.0189. The van der Waals surface area contributed by atoms with Crippen LogP contribution in [0.1, 0.15) is 19.8 Å². The largest absolute Gasteiger partial charge is 0.395 e. The van der Waals surface area contributed by atoms with Gasteiger partial charge < -0.3 is 15.5 Å². The van der Waals surface area contributed by atoms with Crippen molar-refractivity contribution < 1.29 is 10.2 Å². The Bertz CT molecular complexity index is 113. The summed E-state index contributed by atoms with van der Waals surface area (Å²) in [4.78, 5) is 0. The molecule has 72 valence electrons. The molecule has 0 aliphatic carbocycles. The van der Waals surface area contributed by atoms with E-state index >= 15 is 0 Å². The van der Waals surface area contributed by atoms with Crippen molar-refractivity contribution in [3.63, 3.8) is 0 Å². The molecule has 0 aromatic rings. The van der Waals surface area contributed by atoms with Gasteiger partial charge in [-0.05, 0) is 19.8 Å². The van der Waals surface area contributed by atoms with Crippen LogP contribution >= 0.6 is 0 Å². The van der Waals surface area contributed by atoms with Crippen molar-refractivity contribution in [2.24, 2.45) is 0 Å². The summed E-state index contributed by atoms with van der Waals surface area (Å²) < 4.78 is 0. The molecule has 0 spiro atoms. The summed E-state index contributed by atoms with van der Waals surface area (Å²) in [5.74, 6) is 0. The monoisotopic (exact) mass is 173 g/mol. The van der Waals surface area contributed by atoms with Crippen LogP contribution in [-0.4, -0.2) is 35.5 Å². The molecular weight excluding hydrogens is 154 g/mol. The van der Waals surface area contributed by atoms with Gasteiger partial charge in [0.1, 0.15) is 0 Å². The highest BCUT2D eigenvalue weighted by Crippen LogP contribution is 1.97. The van der Waals surface area contributed by atoms with Crippen molar-refractivity contribution in [1.29, 1.82) is 0 Å². The zero-order chi connectivity index (χ0) is 9.40. The van der Waals surface area contributed by atoms with Gasteiger partial charge in [-0.15, -0.1) is 6.58 Å². The van der Waals surface area contributed by atoms with E-state index in [-0.39, 0.29) is 19.3 Å². The van der Waals surface area contributed by atoms with Gasteiger partial charge in [0.25, 0.3) is 0 Å². The van der Waals surface area contributed by atoms with Gasteiger partial charge in [0.2, 0.25) is 0 Å². The maximum Gasteiger partial charge on any atom is 0.0607 e. The van der Waals surface area contributed by atoms with Crippen LogP contribution in [0.3, 0.4) is 0 Å². The minimum atomic E-state index is -0.190. The van der Waals surface area contributed by atoms with Crippen LogP contribution in [0, 0.1) is 0 Å². The molecule has 0 rings (SSSR count). The van der Waals surface area contributed by atoms with Crippen LogP contribution in [0.15, 0.2) is 12.7 Å². The molecule has 1 atom stereocenters. The Morgan fingerprint density at radius 3 is 2.42 bits per heavy atom. The summed E-state index contributed by atoms with van der Waals surface area (Å²) in [6, 6.07) is 0.122. The van der Waals surface area contributed by atoms with Gasteiger partial charge in [-0.3, -0.25) is 0 Å². The molecule has 0 amide bonds. The first kappa shape index (κ1) is 11.6. The lowest BCUT2D eigenvalue weighted by Gasteiger charge is -2.19. The number of hydrogen-bond donors (Lipinski definition) is 3. The Morgan fingerprint density at radius 1 is 1.42 bits per heavy atom. The first-order valence-corrected chi connectivity index (χ1v) is 4.33. The summed E-state index contributed by atoms with van der Waals surface area (Å²) >= 11 is 0. The van der Waals surface area contributed by atoms with E-state index in [0.717, 1.165) is 12.8 Å². The first-order chi connectivity index (χ1) is 5.74. The van der Waals surface area contributed by atoms with Gasteiger partial charge >= 0.3 is 0 Å². The predicted octanol–water partition coefficient (Wildman–Crippen LogP) is 0.284. The lowest BCUT2D eigenvalue weighted by Crippen LogP contribution is -2.41. The third-order valence-electron chi connectivity index (χ3n) is 1.76. The van der Waals surface area contributed by atoms with Crippen LogP contribution in [0.2, 0.25) is 0 Å². The molecule has 0 heterocycles. The summed E-state index contributed by atoms with van der Waals surface area (Å²) in [5.41, 5.74) is 0. The van der Waals surface area contributed by atoms with Crippen LogP contribution < -0.4 is 5.32 Å². The molecule has 12 heavy (non-hydrogen) atoms. The Hall–Kier alpha value is -0.380. The molecule has 0 saturated carbocycles. The lowest BCUT2D eigenvalue weighted by molar-refractivity contribution is 0.162. The summed E-state index contributed by atoms with van der Waals surface area (Å²) in [6.45, 7) is 5.62. The minimum Gasteiger partial charge on any atom is -0.395 e. The Kier molecular flexibility index (Phi) is 7.05. The molecule has 0 aromatic carbocycles. The Labute approximate surface area is 74.1 Å². The van der Waals surface area contributed by atoms with Gasteiger partial charge in [0.15, 0.2) is 0 Å². The molecule has 0 radical (unpaired) electrons. The van der Waals surface area contributed by atoms with Gasteiger partial charge in [-0.25, -0.2) is 0 Å². The van der Waals surface area contributed by atoms with Crippen molar-refractivity contribution in [2.75, 3.05) is 13.2 Å². The molecule has 0 aromatic heterocycles. The molecule has 0 unspecified atom stereocenters. The quantitative estimate of drug-likeness (QED) is 0.485. The third kappa shape index (κ3) is 5.29. The number of hydrogen-bond acceptors (Lipinski definition) is 3. The summed E-state index contributed by atoms with van der Waals surface area (Å²) in [7, 11) is 0. The molecule has 0 saturated heterocycles. The average molecular weight is 173 g/mol. The van der Waals surface area contributed by atoms with Crippen LogP contribution in [0.25, 0.3) is 0 Å². The van der Waals surface area contributed by atoms with Gasteiger partial charge in [0, 0.05) is 6.04 Å². The van der Waals surface area contributed by atoms with E-state index in [9.17, 15) is 0 Å². The molecule has 0 aliphatic rings. The number of aliphatic hydroxyl groups is 2. The van der Waals surface area contributed by atoms with Crippen molar-refractivity contribution >= 4 is 0 Å². The molecule has 0 fully saturated rings. The van der Waals surface area contributed by atoms with Crippen LogP contribution in [0.5, 0.6) is 0 Å². The topological polar surface area (TPSA) is 52.5 Å². The zero-order valence-electron chi connectivity index (χ0n) is 7.66. The normalized spacial score (nSPS) is 13.3. The van der Waals surface area contributed by atoms with E-state index in [0.29, 0.717) is 6.04 Å². The first-order valence-electron chi connectivity index (χ1n) is 4.33. The number of rotatable bonds is 7. The Balaban J connectivity index is 3.50. The summed E-state index contributed by atoms with van der Waals surface area (Å²) in [5, 5.41) is 20.6. The maximum atomic E-state index is 8.76. The smallest absolute Gasteiger partial charge is 0.0607 e. The fraction of sp³-hybridized carbons (Fsp3) is 0.778. The van der Waals surface area contributed by atoms with Gasteiger partial charge in [-0.1, -0.05) is 6.08 Å². The van der Waals surface area contributed by atoms with Crippen molar-refractivity contribution in [2.45, 2.75) is 31.8 Å². The lowest BCUT2D eigenvalue weighted by atomic mass is 10.1. The molecular formula is C9H19NO2. The number of nitrogens with one attached hydrogen (secondary N) is 1. The van der Waals surface area contributed by atoms with Crippen molar-refractivity contribution in [3.05, 3.63) is 12.7 Å². The van der Waals surface area contributed by atoms with E-state index in [1.54, 1.807) is 0 Å². The Morgan fingerprint density at radius 2 is 2.00 bits per heavy atom. The molecule has 3 nitrogen and oxygen atoms in total. The van der Waals surface area contributed by atoms with Crippen LogP contribution in [-0.2, 0) is 0 Å². The third-order valence-corrected chi connectivity index (χ3v) is 1.76. The molecule has 0 bridgehead atoms. The van der Waals surface area contributed by atoms with Crippen LogP contribution in [0.4, 0.5) is 0 Å². The second-order valence-corrected chi connectivity index (χ2v) is 3.00. The van der Waals surface area contributed by atoms with E-state index in [1.807, 2.05) is 13.0 Å². The highest BCUT2D eigenvalue weighted by molar-refractivity contribution is 4.74. The van der Waals surface area contributed by atoms with Gasteiger partial charge in [0.05, 0.1) is 19.3 Å². The summed E-state index contributed by atoms with van der Waals surface area (Å²) in [6.07, 6.45) is 3.81. The second kappa shape index (κ2) is 7.28. The molecule has 3 heteroatoms. The fourth-order valence-corrected chi connectivity index (χ4v) is 1.02. The SMILES string of the molecule is C=CCC[C@H](C)NC(CO)CO. The average Bonchev–Trinajstić information content (AvgIpc) is 2.10. The number of aliphatic hydroxyl groups excluding tert-OH is 2. The fourth-order valence-electron chi connectivity index (χ4n) is 1.02. The zero-order valence-corrected chi connectivity index (χ0v) is 7.66. The highest BCUT2D eigenvalue weighted by atomic mass is 16.3. The van der Waals surface area contributed by atoms with E-state index in [4.69, 9.17) is 10.2 Å². The van der Waals surface area contributed by atoms with E-state index in [1.165, 1.54) is 0 Å². The van der Waals surface area contributed by atoms with Crippen molar-refractivity contribution in [3.8, 4) is 0 Å². The number of allylic oxidation sites excluding steroid dienone is 1. The van der Waals surface area contributed by atoms with Crippen molar-refractivity contribution in [1.82, 2.24) is 5.32 Å². The second-order valence-electron chi connectivity index (χ2n) is 3.00.